The summed E-state index contributed by atoms with van der Waals surface area (Å²) in [6.45, 7) is 0. The van der Waals surface area contributed by atoms with E-state index in [1.165, 1.54) is 31.4 Å². The van der Waals surface area contributed by atoms with Gasteiger partial charge in [-0.2, -0.15) is 8.42 Å². The molecule has 0 bridgehead atoms. The molecule has 15 heavy (non-hydrogen) atoms. The number of carbonyl (C=O) groups is 1. The molecule has 0 saturated heterocycles. The fourth-order valence-corrected chi connectivity index (χ4v) is 1.42. The van der Waals surface area contributed by atoms with Gasteiger partial charge >= 0.3 is 5.97 Å². The maximum Gasteiger partial charge on any atom is 0.337 e. The molecule has 0 atom stereocenters. The van der Waals surface area contributed by atoms with Gasteiger partial charge in [0.05, 0.1) is 12.7 Å². The lowest BCUT2D eigenvalue weighted by atomic mass is 10.2. The van der Waals surface area contributed by atoms with Gasteiger partial charge in [0.25, 0.3) is 10.2 Å². The Morgan fingerprint density at radius 3 is 2.27 bits per heavy atom. The summed E-state index contributed by atoms with van der Waals surface area (Å²) >= 11 is 0. The summed E-state index contributed by atoms with van der Waals surface area (Å²) in [7, 11) is -2.52. The summed E-state index contributed by atoms with van der Waals surface area (Å²) in [5.41, 5.74) is 0.614. The minimum Gasteiger partial charge on any atom is -0.465 e. The zero-order chi connectivity index (χ0) is 11.5. The van der Waals surface area contributed by atoms with Crippen LogP contribution in [0.5, 0.6) is 0 Å². The van der Waals surface area contributed by atoms with Crippen molar-refractivity contribution in [3.63, 3.8) is 0 Å². The van der Waals surface area contributed by atoms with Crippen molar-refractivity contribution in [2.75, 3.05) is 11.8 Å². The molecule has 0 amide bonds. The third-order valence-corrected chi connectivity index (χ3v) is 2.09. The van der Waals surface area contributed by atoms with Crippen LogP contribution in [0.4, 0.5) is 5.69 Å². The fraction of sp³-hybridized carbons (Fsp3) is 0.125. The van der Waals surface area contributed by atoms with Gasteiger partial charge in [-0.15, -0.1) is 0 Å². The van der Waals surface area contributed by atoms with Gasteiger partial charge in [0, 0.05) is 5.69 Å². The summed E-state index contributed by atoms with van der Waals surface area (Å²) in [5.74, 6) is -0.489. The van der Waals surface area contributed by atoms with Crippen LogP contribution in [-0.4, -0.2) is 21.5 Å². The Balaban J connectivity index is 2.86. The summed E-state index contributed by atoms with van der Waals surface area (Å²) in [4.78, 5) is 11.0. The number of nitrogens with one attached hydrogen (secondary N) is 1. The largest absolute Gasteiger partial charge is 0.465 e. The van der Waals surface area contributed by atoms with Crippen molar-refractivity contribution in [1.82, 2.24) is 0 Å². The standard InChI is InChI=1S/C8H10N2O4S/c1-14-8(11)6-2-4-7(5-3-6)10-15(9,12)13/h2-5,10H,1H3,(H2,9,12,13). The van der Waals surface area contributed by atoms with E-state index in [2.05, 4.69) is 9.46 Å². The number of ether oxygens (including phenoxy) is 1. The lowest BCUT2D eigenvalue weighted by Crippen LogP contribution is -2.21. The van der Waals surface area contributed by atoms with Crippen molar-refractivity contribution in [1.29, 1.82) is 0 Å². The van der Waals surface area contributed by atoms with Crippen molar-refractivity contribution >= 4 is 21.9 Å². The molecule has 0 heterocycles. The average Bonchev–Trinajstić information content (AvgIpc) is 2.15. The summed E-state index contributed by atoms with van der Waals surface area (Å²) in [5, 5.41) is 4.76. The van der Waals surface area contributed by atoms with Crippen LogP contribution in [0, 0.1) is 0 Å². The molecule has 0 aliphatic carbocycles. The molecule has 82 valence electrons. The number of benzene rings is 1. The molecule has 1 aromatic rings. The smallest absolute Gasteiger partial charge is 0.337 e. The van der Waals surface area contributed by atoms with E-state index in [9.17, 15) is 13.2 Å². The minimum absolute atomic E-state index is 0.283. The lowest BCUT2D eigenvalue weighted by Gasteiger charge is -2.03. The number of carbonyl (C=O) groups excluding carboxylic acids is 1. The van der Waals surface area contributed by atoms with Crippen LogP contribution in [0.3, 0.4) is 0 Å². The normalized spacial score (nSPS) is 10.8. The van der Waals surface area contributed by atoms with Crippen molar-refractivity contribution in [3.8, 4) is 0 Å². The van der Waals surface area contributed by atoms with Crippen molar-refractivity contribution in [2.24, 2.45) is 5.14 Å². The molecule has 0 radical (unpaired) electrons. The molecule has 0 saturated carbocycles. The second-order valence-corrected chi connectivity index (χ2v) is 4.01. The SMILES string of the molecule is COC(=O)c1ccc(NS(N)(=O)=O)cc1. The zero-order valence-electron chi connectivity index (χ0n) is 7.93. The first-order valence-corrected chi connectivity index (χ1v) is 5.46. The fourth-order valence-electron chi connectivity index (χ4n) is 0.956. The van der Waals surface area contributed by atoms with Crippen LogP contribution < -0.4 is 9.86 Å². The van der Waals surface area contributed by atoms with Gasteiger partial charge in [0.1, 0.15) is 0 Å². The zero-order valence-corrected chi connectivity index (χ0v) is 8.74. The van der Waals surface area contributed by atoms with E-state index in [1.807, 2.05) is 0 Å². The molecule has 1 aromatic carbocycles. The van der Waals surface area contributed by atoms with E-state index in [-0.39, 0.29) is 5.69 Å². The Kier molecular flexibility index (Phi) is 3.28. The number of esters is 1. The first kappa shape index (κ1) is 11.5. The van der Waals surface area contributed by atoms with Gasteiger partial charge in [-0.05, 0) is 24.3 Å². The number of rotatable bonds is 3. The Morgan fingerprint density at radius 2 is 1.87 bits per heavy atom. The molecule has 0 aliphatic rings. The number of hydrogen-bond donors (Lipinski definition) is 2. The van der Waals surface area contributed by atoms with Gasteiger partial charge in [-0.1, -0.05) is 0 Å². The van der Waals surface area contributed by atoms with Gasteiger partial charge in [-0.3, -0.25) is 4.72 Å². The van der Waals surface area contributed by atoms with E-state index in [0.29, 0.717) is 5.56 Å². The third kappa shape index (κ3) is 3.56. The Hall–Kier alpha value is -1.60. The molecule has 0 aliphatic heterocycles. The van der Waals surface area contributed by atoms with Gasteiger partial charge in [0.2, 0.25) is 0 Å². The van der Waals surface area contributed by atoms with Crippen molar-refractivity contribution < 1.29 is 17.9 Å². The predicted octanol–water partition coefficient (Wildman–Crippen LogP) is 0.0886. The summed E-state index contributed by atoms with van der Waals surface area (Å²) in [6.07, 6.45) is 0. The summed E-state index contributed by atoms with van der Waals surface area (Å²) < 4.78 is 27.8. The van der Waals surface area contributed by atoms with Crippen LogP contribution >= 0.6 is 0 Å². The van der Waals surface area contributed by atoms with E-state index in [4.69, 9.17) is 5.14 Å². The maximum absolute atomic E-state index is 11.0. The van der Waals surface area contributed by atoms with E-state index >= 15 is 0 Å². The van der Waals surface area contributed by atoms with Crippen molar-refractivity contribution in [3.05, 3.63) is 29.8 Å². The topological polar surface area (TPSA) is 98.5 Å². The predicted molar refractivity (Wildman–Crippen MR) is 54.5 cm³/mol. The number of hydrogen-bond acceptors (Lipinski definition) is 4. The van der Waals surface area contributed by atoms with Crippen LogP contribution in [0.1, 0.15) is 10.4 Å². The second kappa shape index (κ2) is 4.28. The molecule has 0 spiro atoms. The Labute approximate surface area is 87.2 Å². The number of anilines is 1. The molecule has 3 N–H and O–H groups in total. The monoisotopic (exact) mass is 230 g/mol. The molecule has 0 aromatic heterocycles. The molecule has 0 unspecified atom stereocenters. The van der Waals surface area contributed by atoms with E-state index in [0.717, 1.165) is 0 Å². The third-order valence-electron chi connectivity index (χ3n) is 1.57. The van der Waals surface area contributed by atoms with Gasteiger partial charge < -0.3 is 4.74 Å². The quantitative estimate of drug-likeness (QED) is 0.719. The maximum atomic E-state index is 11.0. The highest BCUT2D eigenvalue weighted by atomic mass is 32.2. The van der Waals surface area contributed by atoms with Crippen LogP contribution in [0.25, 0.3) is 0 Å². The lowest BCUT2D eigenvalue weighted by molar-refractivity contribution is 0.0601. The van der Waals surface area contributed by atoms with Crippen LogP contribution in [0.2, 0.25) is 0 Å². The van der Waals surface area contributed by atoms with E-state index in [1.54, 1.807) is 0 Å². The molecular formula is C8H10N2O4S. The Morgan fingerprint density at radius 1 is 1.33 bits per heavy atom. The van der Waals surface area contributed by atoms with Crippen molar-refractivity contribution in [2.45, 2.75) is 0 Å². The molecular weight excluding hydrogens is 220 g/mol. The summed E-state index contributed by atoms with van der Waals surface area (Å²) in [6, 6.07) is 5.69. The first-order chi connectivity index (χ1) is 6.92. The highest BCUT2D eigenvalue weighted by molar-refractivity contribution is 7.90. The highest BCUT2D eigenvalue weighted by Crippen LogP contribution is 2.10. The van der Waals surface area contributed by atoms with Crippen LogP contribution in [-0.2, 0) is 14.9 Å². The Bertz CT molecular complexity index is 452. The number of nitrogens with two attached hydrogens (primary N) is 1. The molecule has 6 nitrogen and oxygen atoms in total. The van der Waals surface area contributed by atoms with Gasteiger partial charge in [0.15, 0.2) is 0 Å². The molecule has 7 heteroatoms. The van der Waals surface area contributed by atoms with E-state index < -0.39 is 16.2 Å². The van der Waals surface area contributed by atoms with Crippen LogP contribution in [0.15, 0.2) is 24.3 Å². The second-order valence-electron chi connectivity index (χ2n) is 2.72. The number of methoxy groups -OCH3 is 1. The minimum atomic E-state index is -3.78. The highest BCUT2D eigenvalue weighted by Gasteiger charge is 2.06. The molecule has 0 fully saturated rings. The molecule has 1 rings (SSSR count). The first-order valence-electron chi connectivity index (χ1n) is 3.91. The van der Waals surface area contributed by atoms with Gasteiger partial charge in [-0.25, -0.2) is 9.93 Å². The average molecular weight is 230 g/mol.